The van der Waals surface area contributed by atoms with Crippen LogP contribution in [-0.4, -0.2) is 13.2 Å². The van der Waals surface area contributed by atoms with E-state index in [0.717, 1.165) is 25.0 Å². The van der Waals surface area contributed by atoms with Crippen molar-refractivity contribution in [3.63, 3.8) is 0 Å². The van der Waals surface area contributed by atoms with Crippen molar-refractivity contribution in [3.05, 3.63) is 47.0 Å². The van der Waals surface area contributed by atoms with Gasteiger partial charge < -0.3 is 9.47 Å². The molecule has 1 aromatic carbocycles. The molecule has 0 N–H and O–H groups in total. The maximum atomic E-state index is 13.5. The van der Waals surface area contributed by atoms with E-state index in [4.69, 9.17) is 9.47 Å². The van der Waals surface area contributed by atoms with Crippen LogP contribution < -0.4 is 0 Å². The molecular formula is C16H19F3O2. The Balaban J connectivity index is 1.96. The molecule has 1 aliphatic heterocycles. The first-order valence-electron chi connectivity index (χ1n) is 7.03. The number of alkyl halides is 1. The van der Waals surface area contributed by atoms with E-state index in [9.17, 15) is 13.2 Å². The molecular weight excluding hydrogens is 281 g/mol. The van der Waals surface area contributed by atoms with Gasteiger partial charge in [-0.1, -0.05) is 12.2 Å². The summed E-state index contributed by atoms with van der Waals surface area (Å²) in [4.78, 5) is 0. The van der Waals surface area contributed by atoms with Gasteiger partial charge >= 0.3 is 0 Å². The Morgan fingerprint density at radius 3 is 2.33 bits per heavy atom. The van der Waals surface area contributed by atoms with Gasteiger partial charge in [0.25, 0.3) is 0 Å². The summed E-state index contributed by atoms with van der Waals surface area (Å²) in [5, 5.41) is 0. The lowest BCUT2D eigenvalue weighted by Crippen LogP contribution is -2.27. The quantitative estimate of drug-likeness (QED) is 0.748. The van der Waals surface area contributed by atoms with Gasteiger partial charge in [-0.15, -0.1) is 0 Å². The van der Waals surface area contributed by atoms with E-state index in [1.165, 1.54) is 0 Å². The molecule has 2 nitrogen and oxygen atoms in total. The highest BCUT2D eigenvalue weighted by atomic mass is 19.1. The van der Waals surface area contributed by atoms with Crippen molar-refractivity contribution in [1.29, 1.82) is 0 Å². The zero-order valence-electron chi connectivity index (χ0n) is 12.0. The number of allylic oxidation sites excluding steroid dienone is 2. The van der Waals surface area contributed by atoms with Crippen molar-refractivity contribution in [1.82, 2.24) is 0 Å². The number of hydrogen-bond acceptors (Lipinski definition) is 2. The molecule has 116 valence electrons. The van der Waals surface area contributed by atoms with Crippen LogP contribution in [0.15, 0.2) is 24.3 Å². The Labute approximate surface area is 122 Å². The third-order valence-electron chi connectivity index (χ3n) is 3.51. The molecule has 1 aliphatic rings. The Morgan fingerprint density at radius 2 is 1.81 bits per heavy atom. The van der Waals surface area contributed by atoms with Crippen LogP contribution in [-0.2, 0) is 16.1 Å². The maximum absolute atomic E-state index is 13.5. The summed E-state index contributed by atoms with van der Waals surface area (Å²) in [7, 11) is 0. The predicted octanol–water partition coefficient (Wildman–Crippen LogP) is 4.45. The van der Waals surface area contributed by atoms with Crippen molar-refractivity contribution >= 4 is 0 Å². The first-order valence-corrected chi connectivity index (χ1v) is 7.03. The number of halogens is 3. The first-order chi connectivity index (χ1) is 10.2. The van der Waals surface area contributed by atoms with E-state index >= 15 is 0 Å². The normalized spacial score (nSPS) is 22.9. The van der Waals surface area contributed by atoms with E-state index < -0.39 is 30.2 Å². The van der Waals surface area contributed by atoms with Crippen molar-refractivity contribution < 1.29 is 22.6 Å². The maximum Gasteiger partial charge on any atom is 0.184 e. The SMILES string of the molecule is C/C=C/CCC1COC(c2cc(F)c(CF)c(F)c2)OC1. The molecule has 1 aromatic rings. The fraction of sp³-hybridized carbons (Fsp3) is 0.500. The monoisotopic (exact) mass is 300 g/mol. The van der Waals surface area contributed by atoms with Crippen LogP contribution in [0.3, 0.4) is 0 Å². The summed E-state index contributed by atoms with van der Waals surface area (Å²) in [6, 6.07) is 2.14. The van der Waals surface area contributed by atoms with E-state index in [-0.39, 0.29) is 11.5 Å². The average Bonchev–Trinajstić information content (AvgIpc) is 2.48. The lowest BCUT2D eigenvalue weighted by molar-refractivity contribution is -0.206. The minimum atomic E-state index is -1.17. The highest BCUT2D eigenvalue weighted by Crippen LogP contribution is 2.29. The molecule has 0 aliphatic carbocycles. The van der Waals surface area contributed by atoms with Gasteiger partial charge in [-0.3, -0.25) is 0 Å². The Morgan fingerprint density at radius 1 is 1.19 bits per heavy atom. The second kappa shape index (κ2) is 7.61. The Kier molecular flexibility index (Phi) is 5.82. The molecule has 2 rings (SSSR count). The number of ether oxygens (including phenoxy) is 2. The summed E-state index contributed by atoms with van der Waals surface area (Å²) in [6.07, 6.45) is 5.17. The van der Waals surface area contributed by atoms with Crippen LogP contribution in [0.1, 0.15) is 37.2 Å². The van der Waals surface area contributed by atoms with Crippen LogP contribution in [0.2, 0.25) is 0 Å². The van der Waals surface area contributed by atoms with Gasteiger partial charge in [0, 0.05) is 11.5 Å². The smallest absolute Gasteiger partial charge is 0.184 e. The van der Waals surface area contributed by atoms with Crippen LogP contribution in [0.5, 0.6) is 0 Å². The summed E-state index contributed by atoms with van der Waals surface area (Å²) >= 11 is 0. The summed E-state index contributed by atoms with van der Waals surface area (Å²) in [5.41, 5.74) is -0.312. The fourth-order valence-electron chi connectivity index (χ4n) is 2.29. The van der Waals surface area contributed by atoms with E-state index in [1.807, 2.05) is 13.0 Å². The summed E-state index contributed by atoms with van der Waals surface area (Å²) < 4.78 is 50.6. The zero-order valence-corrected chi connectivity index (χ0v) is 12.0. The average molecular weight is 300 g/mol. The molecule has 0 atom stereocenters. The topological polar surface area (TPSA) is 18.5 Å². The van der Waals surface area contributed by atoms with Gasteiger partial charge in [-0.2, -0.15) is 0 Å². The second-order valence-corrected chi connectivity index (χ2v) is 5.11. The first kappa shape index (κ1) is 16.0. The predicted molar refractivity (Wildman–Crippen MR) is 73.4 cm³/mol. The summed E-state index contributed by atoms with van der Waals surface area (Å²) in [5.74, 6) is -1.54. The lowest BCUT2D eigenvalue weighted by Gasteiger charge is -2.29. The van der Waals surface area contributed by atoms with E-state index in [2.05, 4.69) is 6.08 Å². The minimum absolute atomic E-state index is 0.245. The molecule has 0 aromatic heterocycles. The molecule has 0 spiro atoms. The van der Waals surface area contributed by atoms with Gasteiger partial charge in [-0.25, -0.2) is 13.2 Å². The molecule has 1 heterocycles. The number of rotatable bonds is 5. The van der Waals surface area contributed by atoms with Crippen LogP contribution >= 0.6 is 0 Å². The molecule has 0 amide bonds. The van der Waals surface area contributed by atoms with E-state index in [0.29, 0.717) is 13.2 Å². The molecule has 21 heavy (non-hydrogen) atoms. The van der Waals surface area contributed by atoms with E-state index in [1.54, 1.807) is 0 Å². The molecule has 0 bridgehead atoms. The van der Waals surface area contributed by atoms with Gasteiger partial charge in [-0.05, 0) is 31.9 Å². The van der Waals surface area contributed by atoms with Crippen molar-refractivity contribution in [2.75, 3.05) is 13.2 Å². The number of hydrogen-bond donors (Lipinski definition) is 0. The molecule has 5 heteroatoms. The molecule has 0 saturated carbocycles. The molecule has 1 fully saturated rings. The third-order valence-corrected chi connectivity index (χ3v) is 3.51. The highest BCUT2D eigenvalue weighted by Gasteiger charge is 2.25. The zero-order chi connectivity index (χ0) is 15.2. The summed E-state index contributed by atoms with van der Waals surface area (Å²) in [6.45, 7) is 1.76. The van der Waals surface area contributed by atoms with Gasteiger partial charge in [0.1, 0.15) is 18.3 Å². The van der Waals surface area contributed by atoms with Gasteiger partial charge in [0.15, 0.2) is 6.29 Å². The number of benzene rings is 1. The lowest BCUT2D eigenvalue weighted by atomic mass is 10.0. The third kappa shape index (κ3) is 4.08. The van der Waals surface area contributed by atoms with Gasteiger partial charge in [0.2, 0.25) is 0 Å². The van der Waals surface area contributed by atoms with Crippen molar-refractivity contribution in [3.8, 4) is 0 Å². The Hall–Kier alpha value is -1.33. The fourth-order valence-corrected chi connectivity index (χ4v) is 2.29. The van der Waals surface area contributed by atoms with Crippen molar-refractivity contribution in [2.24, 2.45) is 5.92 Å². The van der Waals surface area contributed by atoms with Crippen LogP contribution in [0.25, 0.3) is 0 Å². The minimum Gasteiger partial charge on any atom is -0.348 e. The van der Waals surface area contributed by atoms with Crippen molar-refractivity contribution in [2.45, 2.75) is 32.7 Å². The van der Waals surface area contributed by atoms with Crippen LogP contribution in [0, 0.1) is 17.6 Å². The molecule has 1 saturated heterocycles. The molecule has 0 unspecified atom stereocenters. The largest absolute Gasteiger partial charge is 0.348 e. The standard InChI is InChI=1S/C16H19F3O2/c1-2-3-4-5-11-9-20-16(21-10-11)12-6-14(18)13(8-17)15(19)7-12/h2-3,6-7,11,16H,4-5,8-10H2,1H3/b3-2+. The van der Waals surface area contributed by atoms with Gasteiger partial charge in [0.05, 0.1) is 18.8 Å². The molecule has 0 radical (unpaired) electrons. The van der Waals surface area contributed by atoms with Crippen LogP contribution in [0.4, 0.5) is 13.2 Å². The Bertz CT molecular complexity index is 471. The highest BCUT2D eigenvalue weighted by molar-refractivity contribution is 5.26. The second-order valence-electron chi connectivity index (χ2n) is 5.11.